The highest BCUT2D eigenvalue weighted by Gasteiger charge is 2.29. The van der Waals surface area contributed by atoms with Gasteiger partial charge in [-0.15, -0.1) is 0 Å². The first-order valence-corrected chi connectivity index (χ1v) is 7.18. The number of carbonyl (C=O) groups is 1. The van der Waals surface area contributed by atoms with E-state index in [0.717, 1.165) is 11.3 Å². The van der Waals surface area contributed by atoms with E-state index < -0.39 is 6.04 Å². The highest BCUT2D eigenvalue weighted by atomic mass is 16.5. The van der Waals surface area contributed by atoms with Crippen LogP contribution >= 0.6 is 0 Å². The van der Waals surface area contributed by atoms with Crippen molar-refractivity contribution in [2.75, 3.05) is 0 Å². The Balaban J connectivity index is 2.12. The number of nitrogens with one attached hydrogen (secondary N) is 2. The third kappa shape index (κ3) is 4.21. The molecule has 5 heteroatoms. The van der Waals surface area contributed by atoms with Crippen molar-refractivity contribution >= 4 is 11.9 Å². The fourth-order valence-electron chi connectivity index (χ4n) is 2.05. The molecule has 1 atom stereocenters. The standard InChI is InChI=1S/C16H23N3O2/c1-10(2)21-12-8-6-11(7-9-12)13-14(20)18-15(17-13)19-16(3,4)5/h6-10,13H,1-5H3,(H2,17,18,19,20). The second-order valence-corrected chi connectivity index (χ2v) is 6.48. The van der Waals surface area contributed by atoms with Crippen LogP contribution in [0, 0.1) is 0 Å². The van der Waals surface area contributed by atoms with E-state index >= 15 is 0 Å². The van der Waals surface area contributed by atoms with Crippen molar-refractivity contribution in [1.29, 1.82) is 0 Å². The molecule has 0 aliphatic carbocycles. The molecule has 1 aromatic carbocycles. The van der Waals surface area contributed by atoms with Gasteiger partial charge in [-0.2, -0.15) is 0 Å². The molecule has 2 N–H and O–H groups in total. The molecular formula is C16H23N3O2. The van der Waals surface area contributed by atoms with Gasteiger partial charge in [-0.1, -0.05) is 12.1 Å². The Morgan fingerprint density at radius 3 is 2.38 bits per heavy atom. The monoisotopic (exact) mass is 289 g/mol. The number of hydrogen-bond donors (Lipinski definition) is 2. The molecule has 1 heterocycles. The summed E-state index contributed by atoms with van der Waals surface area (Å²) >= 11 is 0. The van der Waals surface area contributed by atoms with Gasteiger partial charge in [0.25, 0.3) is 5.91 Å². The lowest BCUT2D eigenvalue weighted by molar-refractivity contribution is -0.120. The highest BCUT2D eigenvalue weighted by Crippen LogP contribution is 2.24. The number of guanidine groups is 1. The first-order valence-electron chi connectivity index (χ1n) is 7.18. The SMILES string of the molecule is CC(C)Oc1ccc(C2N=C(NC(C)(C)C)NC2=O)cc1. The van der Waals surface area contributed by atoms with Gasteiger partial charge in [0.2, 0.25) is 0 Å². The summed E-state index contributed by atoms with van der Waals surface area (Å²) in [6.45, 7) is 10.0. The number of nitrogens with zero attached hydrogens (tertiary/aromatic N) is 1. The van der Waals surface area contributed by atoms with Gasteiger partial charge in [-0.3, -0.25) is 10.1 Å². The minimum atomic E-state index is -0.497. The van der Waals surface area contributed by atoms with Crippen molar-refractivity contribution in [3.8, 4) is 5.75 Å². The number of ether oxygens (including phenoxy) is 1. The Labute approximate surface area is 125 Å². The maximum absolute atomic E-state index is 12.0. The zero-order valence-corrected chi connectivity index (χ0v) is 13.2. The fraction of sp³-hybridized carbons (Fsp3) is 0.500. The van der Waals surface area contributed by atoms with Gasteiger partial charge in [0.05, 0.1) is 6.10 Å². The van der Waals surface area contributed by atoms with Crippen LogP contribution in [0.3, 0.4) is 0 Å². The van der Waals surface area contributed by atoms with Gasteiger partial charge in [0.1, 0.15) is 5.75 Å². The normalized spacial score (nSPS) is 18.5. The zero-order valence-electron chi connectivity index (χ0n) is 13.2. The van der Waals surface area contributed by atoms with Gasteiger partial charge < -0.3 is 10.1 Å². The smallest absolute Gasteiger partial charge is 0.256 e. The first kappa shape index (κ1) is 15.4. The Bertz CT molecular complexity index is 542. The van der Waals surface area contributed by atoms with E-state index in [2.05, 4.69) is 15.6 Å². The van der Waals surface area contributed by atoms with Crippen molar-refractivity contribution in [3.05, 3.63) is 29.8 Å². The Morgan fingerprint density at radius 2 is 1.86 bits per heavy atom. The average molecular weight is 289 g/mol. The summed E-state index contributed by atoms with van der Waals surface area (Å²) in [5.41, 5.74) is 0.713. The van der Waals surface area contributed by atoms with Gasteiger partial charge in [-0.25, -0.2) is 4.99 Å². The Hall–Kier alpha value is -2.04. The van der Waals surface area contributed by atoms with E-state index in [-0.39, 0.29) is 17.6 Å². The van der Waals surface area contributed by atoms with E-state index in [4.69, 9.17) is 4.74 Å². The van der Waals surface area contributed by atoms with E-state index in [1.54, 1.807) is 0 Å². The number of carbonyl (C=O) groups excluding carboxylic acids is 1. The average Bonchev–Trinajstić information content (AvgIpc) is 2.68. The van der Waals surface area contributed by atoms with Crippen LogP contribution < -0.4 is 15.4 Å². The predicted octanol–water partition coefficient (Wildman–Crippen LogP) is 2.39. The van der Waals surface area contributed by atoms with Crippen molar-refractivity contribution in [1.82, 2.24) is 10.6 Å². The number of amides is 1. The van der Waals surface area contributed by atoms with Crippen LogP contribution in [0.4, 0.5) is 0 Å². The van der Waals surface area contributed by atoms with Crippen LogP contribution in [0.1, 0.15) is 46.2 Å². The van der Waals surface area contributed by atoms with Crippen molar-refractivity contribution in [3.63, 3.8) is 0 Å². The molecule has 0 saturated heterocycles. The molecule has 0 aromatic heterocycles. The number of benzene rings is 1. The molecule has 5 nitrogen and oxygen atoms in total. The molecular weight excluding hydrogens is 266 g/mol. The zero-order chi connectivity index (χ0) is 15.6. The number of rotatable bonds is 3. The quantitative estimate of drug-likeness (QED) is 0.898. The minimum absolute atomic E-state index is 0.112. The summed E-state index contributed by atoms with van der Waals surface area (Å²) in [6, 6.07) is 7.00. The van der Waals surface area contributed by atoms with Gasteiger partial charge >= 0.3 is 0 Å². The van der Waals surface area contributed by atoms with Crippen LogP contribution in [-0.4, -0.2) is 23.5 Å². The summed E-state index contributed by atoms with van der Waals surface area (Å²) in [5.74, 6) is 1.21. The number of hydrogen-bond acceptors (Lipinski definition) is 4. The topological polar surface area (TPSA) is 62.7 Å². The fourth-order valence-corrected chi connectivity index (χ4v) is 2.05. The molecule has 1 aliphatic rings. The second kappa shape index (κ2) is 5.76. The lowest BCUT2D eigenvalue weighted by Gasteiger charge is -2.21. The molecule has 1 aromatic rings. The highest BCUT2D eigenvalue weighted by molar-refractivity contribution is 6.05. The summed E-state index contributed by atoms with van der Waals surface area (Å²) < 4.78 is 5.60. The third-order valence-corrected chi connectivity index (χ3v) is 2.81. The number of aliphatic imine (C=N–C) groups is 1. The molecule has 1 aliphatic heterocycles. The molecule has 1 amide bonds. The van der Waals surface area contributed by atoms with E-state index in [1.165, 1.54) is 0 Å². The van der Waals surface area contributed by atoms with Crippen LogP contribution in [-0.2, 0) is 4.79 Å². The lowest BCUT2D eigenvalue weighted by Crippen LogP contribution is -2.46. The van der Waals surface area contributed by atoms with E-state index in [0.29, 0.717) is 5.96 Å². The molecule has 0 saturated carbocycles. The van der Waals surface area contributed by atoms with Crippen molar-refractivity contribution in [2.24, 2.45) is 4.99 Å². The minimum Gasteiger partial charge on any atom is -0.491 e. The summed E-state index contributed by atoms with van der Waals surface area (Å²) in [6.07, 6.45) is 0.131. The lowest BCUT2D eigenvalue weighted by atomic mass is 10.1. The molecule has 0 fully saturated rings. The van der Waals surface area contributed by atoms with Crippen LogP contribution in [0.25, 0.3) is 0 Å². The Kier molecular flexibility index (Phi) is 4.21. The van der Waals surface area contributed by atoms with Gasteiger partial charge in [-0.05, 0) is 52.3 Å². The molecule has 2 rings (SSSR count). The maximum atomic E-state index is 12.0. The van der Waals surface area contributed by atoms with Crippen LogP contribution in [0.15, 0.2) is 29.3 Å². The summed E-state index contributed by atoms with van der Waals surface area (Å²) in [4.78, 5) is 16.5. The van der Waals surface area contributed by atoms with Crippen molar-refractivity contribution in [2.45, 2.75) is 52.3 Å². The summed E-state index contributed by atoms with van der Waals surface area (Å²) in [5, 5.41) is 5.95. The van der Waals surface area contributed by atoms with Crippen LogP contribution in [0.5, 0.6) is 5.75 Å². The first-order chi connectivity index (χ1) is 9.74. The largest absolute Gasteiger partial charge is 0.491 e. The van der Waals surface area contributed by atoms with Gasteiger partial charge in [0.15, 0.2) is 12.0 Å². The van der Waals surface area contributed by atoms with E-state index in [9.17, 15) is 4.79 Å². The molecule has 0 spiro atoms. The maximum Gasteiger partial charge on any atom is 0.256 e. The molecule has 0 radical (unpaired) electrons. The third-order valence-electron chi connectivity index (χ3n) is 2.81. The Morgan fingerprint density at radius 1 is 1.24 bits per heavy atom. The van der Waals surface area contributed by atoms with Gasteiger partial charge in [0, 0.05) is 5.54 Å². The molecule has 114 valence electrons. The van der Waals surface area contributed by atoms with Crippen LogP contribution in [0.2, 0.25) is 0 Å². The predicted molar refractivity (Wildman–Crippen MR) is 83.4 cm³/mol. The van der Waals surface area contributed by atoms with Crippen molar-refractivity contribution < 1.29 is 9.53 Å². The van der Waals surface area contributed by atoms with E-state index in [1.807, 2.05) is 58.9 Å². The molecule has 0 bridgehead atoms. The molecule has 1 unspecified atom stereocenters. The summed E-state index contributed by atoms with van der Waals surface area (Å²) in [7, 11) is 0. The molecule has 21 heavy (non-hydrogen) atoms. The second-order valence-electron chi connectivity index (χ2n) is 6.48.